The molecule has 1 heterocycles. The maximum Gasteiger partial charge on any atom is 0.175 e. The van der Waals surface area contributed by atoms with Gasteiger partial charge in [0.05, 0.1) is 11.3 Å². The van der Waals surface area contributed by atoms with Crippen LogP contribution in [0.3, 0.4) is 0 Å². The average Bonchev–Trinajstić information content (AvgIpc) is 3.15. The summed E-state index contributed by atoms with van der Waals surface area (Å²) in [4.78, 5) is 0. The van der Waals surface area contributed by atoms with Gasteiger partial charge in [-0.15, -0.1) is 0 Å². The largest absolute Gasteiger partial charge is 0.411 e. The standard InChI is InChI=1S/C22H31NO3/c1-13-11-14-12-15(23-25)3-4-16(14)17-5-8-21(2)18(20(13)17)6-9-22(21)10-7-19(24)26-22/h7,10,12-13,16-20,24-25H,3-6,8-9,11H2,1-2H3/b23-15+/t13-,16+,17?,18?,19?,20?,21+,22-/m1/s1. The van der Waals surface area contributed by atoms with E-state index in [2.05, 4.69) is 31.2 Å². The van der Waals surface area contributed by atoms with Gasteiger partial charge in [-0.3, -0.25) is 0 Å². The van der Waals surface area contributed by atoms with E-state index in [1.54, 1.807) is 0 Å². The zero-order valence-electron chi connectivity index (χ0n) is 15.9. The van der Waals surface area contributed by atoms with E-state index < -0.39 is 6.29 Å². The van der Waals surface area contributed by atoms with Gasteiger partial charge in [0, 0.05) is 5.41 Å². The van der Waals surface area contributed by atoms with E-state index in [4.69, 9.17) is 4.74 Å². The molecule has 1 spiro atoms. The van der Waals surface area contributed by atoms with Crippen molar-refractivity contribution in [1.82, 2.24) is 0 Å². The smallest absolute Gasteiger partial charge is 0.175 e. The number of aliphatic hydroxyl groups is 1. The van der Waals surface area contributed by atoms with E-state index in [0.717, 1.165) is 43.2 Å². The van der Waals surface area contributed by atoms with Gasteiger partial charge in [-0.25, -0.2) is 0 Å². The first-order valence-corrected chi connectivity index (χ1v) is 10.4. The summed E-state index contributed by atoms with van der Waals surface area (Å²) in [6.45, 7) is 4.86. The summed E-state index contributed by atoms with van der Waals surface area (Å²) in [6.07, 6.45) is 13.4. The minimum Gasteiger partial charge on any atom is -0.411 e. The molecule has 5 rings (SSSR count). The molecule has 4 unspecified atom stereocenters. The number of oxime groups is 1. The normalized spacial score (nSPS) is 54.1. The summed E-state index contributed by atoms with van der Waals surface area (Å²) in [5.41, 5.74) is 2.29. The van der Waals surface area contributed by atoms with Crippen LogP contribution in [-0.4, -0.2) is 27.9 Å². The molecule has 5 aliphatic rings. The molecule has 0 aromatic heterocycles. The second-order valence-electron chi connectivity index (χ2n) is 9.74. The highest BCUT2D eigenvalue weighted by Crippen LogP contribution is 2.67. The zero-order valence-corrected chi connectivity index (χ0v) is 15.9. The van der Waals surface area contributed by atoms with Crippen molar-refractivity contribution in [2.45, 2.75) is 70.7 Å². The van der Waals surface area contributed by atoms with Crippen LogP contribution in [0.25, 0.3) is 0 Å². The molecule has 0 aromatic rings. The Hall–Kier alpha value is -1.13. The quantitative estimate of drug-likeness (QED) is 0.386. The molecular weight excluding hydrogens is 326 g/mol. The van der Waals surface area contributed by atoms with Gasteiger partial charge in [-0.1, -0.05) is 30.7 Å². The number of hydrogen-bond acceptors (Lipinski definition) is 4. The molecule has 4 nitrogen and oxygen atoms in total. The number of aliphatic hydroxyl groups excluding tert-OH is 1. The van der Waals surface area contributed by atoms with Gasteiger partial charge in [0.1, 0.15) is 0 Å². The van der Waals surface area contributed by atoms with Crippen molar-refractivity contribution in [3.8, 4) is 0 Å². The number of ether oxygens (including phenoxy) is 1. The highest BCUT2D eigenvalue weighted by Gasteiger charge is 2.64. The van der Waals surface area contributed by atoms with Crippen LogP contribution in [0.15, 0.2) is 29.0 Å². The van der Waals surface area contributed by atoms with E-state index in [9.17, 15) is 10.3 Å². The summed E-state index contributed by atoms with van der Waals surface area (Å²) in [6, 6.07) is 0. The van der Waals surface area contributed by atoms with Crippen molar-refractivity contribution in [1.29, 1.82) is 0 Å². The molecule has 0 radical (unpaired) electrons. The number of rotatable bonds is 0. The number of allylic oxidation sites excluding steroid dienone is 2. The van der Waals surface area contributed by atoms with Crippen molar-refractivity contribution in [2.75, 3.05) is 0 Å². The molecule has 1 aliphatic heterocycles. The first-order valence-electron chi connectivity index (χ1n) is 10.4. The Kier molecular flexibility index (Phi) is 3.72. The van der Waals surface area contributed by atoms with E-state index in [1.165, 1.54) is 24.8 Å². The maximum atomic E-state index is 10.00. The summed E-state index contributed by atoms with van der Waals surface area (Å²) in [5, 5.41) is 22.7. The SMILES string of the molecule is C[C@@H]1CC2=C/C(=N/O)CC[C@@H]2C2CC[C@@]3(C)C(CC[C@@]34C=CC(O)O4)C21. The van der Waals surface area contributed by atoms with Crippen LogP contribution in [-0.2, 0) is 4.74 Å². The van der Waals surface area contributed by atoms with Crippen molar-refractivity contribution < 1.29 is 15.1 Å². The molecule has 4 heteroatoms. The van der Waals surface area contributed by atoms with E-state index in [1.807, 2.05) is 6.08 Å². The van der Waals surface area contributed by atoms with Crippen LogP contribution in [0.2, 0.25) is 0 Å². The second-order valence-corrected chi connectivity index (χ2v) is 9.74. The fourth-order valence-electron chi connectivity index (χ4n) is 7.71. The third-order valence-corrected chi connectivity index (χ3v) is 8.83. The number of hydrogen-bond donors (Lipinski definition) is 2. The van der Waals surface area contributed by atoms with Gasteiger partial charge in [-0.05, 0) is 86.7 Å². The van der Waals surface area contributed by atoms with Gasteiger partial charge < -0.3 is 15.1 Å². The van der Waals surface area contributed by atoms with Gasteiger partial charge in [0.25, 0.3) is 0 Å². The first-order chi connectivity index (χ1) is 12.5. The van der Waals surface area contributed by atoms with E-state index in [-0.39, 0.29) is 11.0 Å². The molecular formula is C22H31NO3. The van der Waals surface area contributed by atoms with Crippen LogP contribution in [0, 0.1) is 35.0 Å². The zero-order chi connectivity index (χ0) is 18.1. The number of nitrogens with zero attached hydrogens (tertiary/aromatic N) is 1. The Labute approximate surface area is 156 Å². The molecule has 4 aliphatic carbocycles. The third-order valence-electron chi connectivity index (χ3n) is 8.83. The van der Waals surface area contributed by atoms with Crippen LogP contribution in [0.4, 0.5) is 0 Å². The summed E-state index contributed by atoms with van der Waals surface area (Å²) in [7, 11) is 0. The monoisotopic (exact) mass is 357 g/mol. The Morgan fingerprint density at radius 3 is 2.81 bits per heavy atom. The fourth-order valence-corrected chi connectivity index (χ4v) is 7.71. The summed E-state index contributed by atoms with van der Waals surface area (Å²) < 4.78 is 6.12. The van der Waals surface area contributed by atoms with E-state index >= 15 is 0 Å². The van der Waals surface area contributed by atoms with Gasteiger partial charge in [0.15, 0.2) is 6.29 Å². The highest BCUT2D eigenvalue weighted by molar-refractivity contribution is 5.96. The molecule has 0 amide bonds. The molecule has 0 saturated heterocycles. The molecule has 26 heavy (non-hydrogen) atoms. The van der Waals surface area contributed by atoms with Crippen molar-refractivity contribution >= 4 is 5.71 Å². The predicted octanol–water partition coefficient (Wildman–Crippen LogP) is 4.28. The molecule has 0 bridgehead atoms. The molecule has 142 valence electrons. The van der Waals surface area contributed by atoms with Crippen molar-refractivity contribution in [3.05, 3.63) is 23.8 Å². The minimum absolute atomic E-state index is 0.143. The molecule has 2 N–H and O–H groups in total. The van der Waals surface area contributed by atoms with Crippen molar-refractivity contribution in [2.24, 2.45) is 40.2 Å². The Morgan fingerprint density at radius 2 is 2.08 bits per heavy atom. The Bertz CT molecular complexity index is 698. The lowest BCUT2D eigenvalue weighted by atomic mass is 9.48. The first kappa shape index (κ1) is 17.0. The predicted molar refractivity (Wildman–Crippen MR) is 99.8 cm³/mol. The third kappa shape index (κ3) is 2.12. The summed E-state index contributed by atoms with van der Waals surface area (Å²) in [5.74, 6) is 3.52. The van der Waals surface area contributed by atoms with Crippen molar-refractivity contribution in [3.63, 3.8) is 0 Å². The average molecular weight is 357 g/mol. The van der Waals surface area contributed by atoms with Gasteiger partial charge >= 0.3 is 0 Å². The lowest BCUT2D eigenvalue weighted by Gasteiger charge is -2.57. The topological polar surface area (TPSA) is 62.1 Å². The van der Waals surface area contributed by atoms with E-state index in [0.29, 0.717) is 17.8 Å². The lowest BCUT2D eigenvalue weighted by molar-refractivity contribution is -0.183. The van der Waals surface area contributed by atoms with Crippen LogP contribution in [0.5, 0.6) is 0 Å². The highest BCUT2D eigenvalue weighted by atomic mass is 16.6. The fraction of sp³-hybridized carbons (Fsp3) is 0.773. The lowest BCUT2D eigenvalue weighted by Crippen LogP contribution is -2.54. The molecule has 3 fully saturated rings. The van der Waals surface area contributed by atoms with Crippen LogP contribution < -0.4 is 0 Å². The number of fused-ring (bicyclic) bond motifs is 6. The minimum atomic E-state index is -0.726. The maximum absolute atomic E-state index is 10.00. The summed E-state index contributed by atoms with van der Waals surface area (Å²) >= 11 is 0. The Morgan fingerprint density at radius 1 is 1.23 bits per heavy atom. The molecule has 8 atom stereocenters. The van der Waals surface area contributed by atoms with Crippen LogP contribution in [0.1, 0.15) is 58.8 Å². The van der Waals surface area contributed by atoms with Gasteiger partial charge in [-0.2, -0.15) is 0 Å². The van der Waals surface area contributed by atoms with Crippen LogP contribution >= 0.6 is 0 Å². The Balaban J connectivity index is 1.48. The van der Waals surface area contributed by atoms with Gasteiger partial charge in [0.2, 0.25) is 0 Å². The second kappa shape index (κ2) is 5.68. The molecule has 0 aromatic carbocycles. The molecule has 3 saturated carbocycles.